The van der Waals surface area contributed by atoms with Crippen LogP contribution in [0.25, 0.3) is 0 Å². The molecule has 1 aliphatic carbocycles. The number of hydrogen-bond donors (Lipinski definition) is 1. The van der Waals surface area contributed by atoms with Crippen LogP contribution in [-0.2, 0) is 4.79 Å². The third-order valence-corrected chi connectivity index (χ3v) is 4.53. The van der Waals surface area contributed by atoms with Crippen LogP contribution < -0.4 is 0 Å². The number of likely N-dealkylation sites (N-methyl/N-ethyl adjacent to an activating group) is 1. The van der Waals surface area contributed by atoms with Gasteiger partial charge in [-0.3, -0.25) is 9.59 Å². The van der Waals surface area contributed by atoms with Crippen molar-refractivity contribution in [3.8, 4) is 0 Å². The molecule has 0 bridgehead atoms. The number of likely N-dealkylation sites (tertiary alicyclic amines) is 1. The first-order valence-corrected chi connectivity index (χ1v) is 7.85. The maximum absolute atomic E-state index is 12.6. The average molecular weight is 306 g/mol. The van der Waals surface area contributed by atoms with Gasteiger partial charge < -0.3 is 19.3 Å². The smallest absolute Gasteiger partial charge is 0.290 e. The zero-order valence-electron chi connectivity index (χ0n) is 12.8. The molecule has 120 valence electrons. The molecule has 2 aliphatic rings. The van der Waals surface area contributed by atoms with Crippen molar-refractivity contribution in [1.82, 2.24) is 9.80 Å². The highest BCUT2D eigenvalue weighted by Gasteiger charge is 2.38. The van der Waals surface area contributed by atoms with Gasteiger partial charge in [0, 0.05) is 20.1 Å². The van der Waals surface area contributed by atoms with Crippen molar-refractivity contribution in [3.05, 3.63) is 24.2 Å². The van der Waals surface area contributed by atoms with Crippen molar-refractivity contribution in [2.24, 2.45) is 5.92 Å². The van der Waals surface area contributed by atoms with Crippen molar-refractivity contribution in [2.75, 3.05) is 20.1 Å². The molecule has 1 N–H and O–H groups in total. The number of hydrogen-bond acceptors (Lipinski definition) is 4. The molecule has 22 heavy (non-hydrogen) atoms. The van der Waals surface area contributed by atoms with Gasteiger partial charge in [0.15, 0.2) is 5.76 Å². The summed E-state index contributed by atoms with van der Waals surface area (Å²) in [5.41, 5.74) is 0. The van der Waals surface area contributed by atoms with Crippen molar-refractivity contribution >= 4 is 11.8 Å². The second-order valence-corrected chi connectivity index (χ2v) is 6.26. The van der Waals surface area contributed by atoms with Gasteiger partial charge in [-0.15, -0.1) is 0 Å². The molecule has 1 aromatic heterocycles. The van der Waals surface area contributed by atoms with Crippen molar-refractivity contribution < 1.29 is 19.1 Å². The third kappa shape index (κ3) is 3.02. The maximum atomic E-state index is 12.6. The van der Waals surface area contributed by atoms with E-state index >= 15 is 0 Å². The van der Waals surface area contributed by atoms with Crippen molar-refractivity contribution in [2.45, 2.75) is 37.8 Å². The molecule has 0 radical (unpaired) electrons. The molecule has 6 heteroatoms. The van der Waals surface area contributed by atoms with Crippen LogP contribution in [0.15, 0.2) is 22.8 Å². The van der Waals surface area contributed by atoms with Crippen LogP contribution in [-0.4, -0.2) is 59.0 Å². The molecule has 1 aromatic rings. The first-order valence-electron chi connectivity index (χ1n) is 7.85. The van der Waals surface area contributed by atoms with Crippen LogP contribution in [0.1, 0.15) is 36.2 Å². The number of carbonyl (C=O) groups excluding carboxylic acids is 2. The minimum absolute atomic E-state index is 0.0999. The summed E-state index contributed by atoms with van der Waals surface area (Å²) in [5.74, 6) is 0.258. The monoisotopic (exact) mass is 306 g/mol. The van der Waals surface area contributed by atoms with Gasteiger partial charge in [0.2, 0.25) is 5.91 Å². The fourth-order valence-electron chi connectivity index (χ4n) is 3.06. The van der Waals surface area contributed by atoms with Gasteiger partial charge in [0.25, 0.3) is 5.91 Å². The molecule has 6 nitrogen and oxygen atoms in total. The van der Waals surface area contributed by atoms with E-state index < -0.39 is 12.1 Å². The highest BCUT2D eigenvalue weighted by molar-refractivity contribution is 5.95. The lowest BCUT2D eigenvalue weighted by Crippen LogP contribution is -2.48. The second-order valence-electron chi connectivity index (χ2n) is 6.26. The number of amides is 2. The maximum Gasteiger partial charge on any atom is 0.290 e. The van der Waals surface area contributed by atoms with Crippen LogP contribution in [0, 0.1) is 5.92 Å². The zero-order chi connectivity index (χ0) is 15.7. The Labute approximate surface area is 129 Å². The Bertz CT molecular complexity index is 538. The average Bonchev–Trinajstić information content (AvgIpc) is 3.03. The van der Waals surface area contributed by atoms with Crippen LogP contribution in [0.5, 0.6) is 0 Å². The molecule has 1 aliphatic heterocycles. The van der Waals surface area contributed by atoms with E-state index in [0.29, 0.717) is 25.4 Å². The number of carbonyl (C=O) groups is 2. The third-order valence-electron chi connectivity index (χ3n) is 4.53. The first kappa shape index (κ1) is 15.1. The summed E-state index contributed by atoms with van der Waals surface area (Å²) < 4.78 is 5.14. The standard InChI is InChI=1S/C16H22N2O4/c1-17(10-13(19)11-6-7-11)15(20)12-4-2-8-18(12)16(21)14-5-3-9-22-14/h3,5,9,11-13,19H,2,4,6-8,10H2,1H3. The summed E-state index contributed by atoms with van der Waals surface area (Å²) in [4.78, 5) is 28.1. The molecular weight excluding hydrogens is 284 g/mol. The van der Waals surface area contributed by atoms with Gasteiger partial charge in [-0.25, -0.2) is 0 Å². The van der Waals surface area contributed by atoms with Gasteiger partial charge in [0.05, 0.1) is 12.4 Å². The lowest BCUT2D eigenvalue weighted by atomic mass is 10.1. The van der Waals surface area contributed by atoms with E-state index in [2.05, 4.69) is 0 Å². The molecular formula is C16H22N2O4. The van der Waals surface area contributed by atoms with Crippen LogP contribution in [0.2, 0.25) is 0 Å². The molecule has 2 unspecified atom stereocenters. The number of rotatable bonds is 5. The molecule has 3 rings (SSSR count). The Morgan fingerprint density at radius 1 is 1.45 bits per heavy atom. The highest BCUT2D eigenvalue weighted by atomic mass is 16.3. The Kier molecular flexibility index (Phi) is 4.20. The summed E-state index contributed by atoms with van der Waals surface area (Å²) in [6, 6.07) is 2.83. The summed E-state index contributed by atoms with van der Waals surface area (Å²) >= 11 is 0. The lowest BCUT2D eigenvalue weighted by molar-refractivity contribution is -0.135. The Hall–Kier alpha value is -1.82. The molecule has 2 fully saturated rings. The van der Waals surface area contributed by atoms with Gasteiger partial charge in [-0.2, -0.15) is 0 Å². The topological polar surface area (TPSA) is 74.0 Å². The lowest BCUT2D eigenvalue weighted by Gasteiger charge is -2.28. The number of nitrogens with zero attached hydrogens (tertiary/aromatic N) is 2. The number of aliphatic hydroxyl groups excluding tert-OH is 1. The Morgan fingerprint density at radius 2 is 2.23 bits per heavy atom. The van der Waals surface area contributed by atoms with Crippen molar-refractivity contribution in [1.29, 1.82) is 0 Å². The van der Waals surface area contributed by atoms with Crippen molar-refractivity contribution in [3.63, 3.8) is 0 Å². The second kappa shape index (κ2) is 6.12. The fourth-order valence-corrected chi connectivity index (χ4v) is 3.06. The Balaban J connectivity index is 1.64. The first-order chi connectivity index (χ1) is 10.6. The normalized spacial score (nSPS) is 22.6. The molecule has 0 spiro atoms. The van der Waals surface area contributed by atoms with E-state index in [4.69, 9.17) is 4.42 Å². The number of aliphatic hydroxyl groups is 1. The predicted molar refractivity (Wildman–Crippen MR) is 79.1 cm³/mol. The van der Waals surface area contributed by atoms with E-state index in [1.807, 2.05) is 0 Å². The molecule has 2 atom stereocenters. The van der Waals surface area contributed by atoms with Gasteiger partial charge >= 0.3 is 0 Å². The fraction of sp³-hybridized carbons (Fsp3) is 0.625. The summed E-state index contributed by atoms with van der Waals surface area (Å²) in [6.07, 6.45) is 4.55. The molecule has 2 heterocycles. The van der Waals surface area contributed by atoms with Gasteiger partial charge in [0.1, 0.15) is 6.04 Å². The van der Waals surface area contributed by atoms with Gasteiger partial charge in [-0.1, -0.05) is 0 Å². The molecule has 1 saturated heterocycles. The van der Waals surface area contributed by atoms with E-state index in [9.17, 15) is 14.7 Å². The summed E-state index contributed by atoms with van der Waals surface area (Å²) in [6.45, 7) is 0.901. The van der Waals surface area contributed by atoms with E-state index in [0.717, 1.165) is 19.3 Å². The quantitative estimate of drug-likeness (QED) is 0.884. The molecule has 2 amide bonds. The van der Waals surface area contributed by atoms with Gasteiger partial charge in [-0.05, 0) is 43.7 Å². The predicted octanol–water partition coefficient (Wildman–Crippen LogP) is 1.11. The summed E-state index contributed by atoms with van der Waals surface area (Å²) in [5, 5.41) is 9.99. The Morgan fingerprint density at radius 3 is 2.86 bits per heavy atom. The minimum Gasteiger partial charge on any atom is -0.459 e. The zero-order valence-corrected chi connectivity index (χ0v) is 12.8. The summed E-state index contributed by atoms with van der Waals surface area (Å²) in [7, 11) is 1.70. The number of furan rings is 1. The van der Waals surface area contributed by atoms with E-state index in [-0.39, 0.29) is 17.6 Å². The van der Waals surface area contributed by atoms with E-state index in [1.54, 1.807) is 29.0 Å². The van der Waals surface area contributed by atoms with E-state index in [1.165, 1.54) is 6.26 Å². The van der Waals surface area contributed by atoms with Crippen LogP contribution in [0.3, 0.4) is 0 Å². The van der Waals surface area contributed by atoms with Crippen LogP contribution >= 0.6 is 0 Å². The SMILES string of the molecule is CN(CC(O)C1CC1)C(=O)C1CCCN1C(=O)c1ccco1. The minimum atomic E-state index is -0.454. The molecule has 0 aromatic carbocycles. The largest absolute Gasteiger partial charge is 0.459 e. The van der Waals surface area contributed by atoms with Crippen LogP contribution in [0.4, 0.5) is 0 Å². The molecule has 1 saturated carbocycles. The highest BCUT2D eigenvalue weighted by Crippen LogP contribution is 2.33.